The van der Waals surface area contributed by atoms with Gasteiger partial charge in [0.2, 0.25) is 5.91 Å². The van der Waals surface area contributed by atoms with Gasteiger partial charge in [-0.3, -0.25) is 9.59 Å². The number of allylic oxidation sites excluding steroid dienone is 2. The van der Waals surface area contributed by atoms with E-state index < -0.39 is 12.1 Å². The molecule has 0 radical (unpaired) electrons. The minimum atomic E-state index is -0.664. The Morgan fingerprint density at radius 2 is 0.540 bits per heavy atom. The molecule has 0 heterocycles. The molecule has 0 saturated carbocycles. The van der Waals surface area contributed by atoms with Crippen molar-refractivity contribution in [1.29, 1.82) is 0 Å². The number of hydrogen-bond donors (Lipinski definition) is 3. The molecule has 87 heavy (non-hydrogen) atoms. The smallest absolute Gasteiger partial charge is 0.305 e. The monoisotopic (exact) mass is 1230 g/mol. The SMILES string of the molecule is CCCCCCCCCCCCCCCCCCCCCCCCCC(O)C(CO)NC(=O)CCCCCCCCCCCCCCCCC/C=C\CCCCCCCCCCCCCCOC(=O)CCCCCCCCCCCCCCCCCC. The zero-order valence-electron chi connectivity index (χ0n) is 59.5. The van der Waals surface area contributed by atoms with Crippen LogP contribution in [0.3, 0.4) is 0 Å². The van der Waals surface area contributed by atoms with Gasteiger partial charge < -0.3 is 20.3 Å². The molecule has 0 fully saturated rings. The Labute approximate surface area is 546 Å². The van der Waals surface area contributed by atoms with Crippen molar-refractivity contribution in [1.82, 2.24) is 5.32 Å². The summed E-state index contributed by atoms with van der Waals surface area (Å²) in [6.45, 7) is 5.02. The van der Waals surface area contributed by atoms with E-state index in [2.05, 4.69) is 31.3 Å². The molecule has 6 heteroatoms. The molecule has 3 N–H and O–H groups in total. The molecule has 0 aliphatic carbocycles. The average molecular weight is 1230 g/mol. The van der Waals surface area contributed by atoms with Crippen LogP contribution >= 0.6 is 0 Å². The summed E-state index contributed by atoms with van der Waals surface area (Å²) in [5, 5.41) is 23.5. The number of nitrogens with one attached hydrogen (secondary N) is 1. The number of hydrogen-bond acceptors (Lipinski definition) is 5. The molecule has 2 atom stereocenters. The predicted octanol–water partition coefficient (Wildman–Crippen LogP) is 26.7. The summed E-state index contributed by atoms with van der Waals surface area (Å²) in [4.78, 5) is 24.7. The first-order valence-electron chi connectivity index (χ1n) is 40.4. The normalized spacial score (nSPS) is 12.5. The average Bonchev–Trinajstić information content (AvgIpc) is 3.53. The van der Waals surface area contributed by atoms with Crippen molar-refractivity contribution in [2.45, 2.75) is 482 Å². The molecule has 0 rings (SSSR count). The molecule has 0 aliphatic heterocycles. The molecular weight excluding hydrogens is 1070 g/mol. The van der Waals surface area contributed by atoms with Gasteiger partial charge in [-0.05, 0) is 51.4 Å². The highest BCUT2D eigenvalue weighted by Crippen LogP contribution is 2.20. The minimum absolute atomic E-state index is 0.0226. The third-order valence-electron chi connectivity index (χ3n) is 19.3. The van der Waals surface area contributed by atoms with Gasteiger partial charge in [-0.1, -0.05) is 418 Å². The number of unbranched alkanes of at least 4 members (excludes halogenated alkanes) is 64. The first-order valence-corrected chi connectivity index (χ1v) is 40.4. The Kier molecular flexibility index (Phi) is 75.8. The lowest BCUT2D eigenvalue weighted by atomic mass is 10.0. The highest BCUT2D eigenvalue weighted by Gasteiger charge is 2.20. The molecule has 6 nitrogen and oxygen atoms in total. The van der Waals surface area contributed by atoms with Crippen LogP contribution in [0.25, 0.3) is 0 Å². The molecule has 518 valence electrons. The third kappa shape index (κ3) is 73.5. The number of carbonyl (C=O) groups is 2. The third-order valence-corrected chi connectivity index (χ3v) is 19.3. The van der Waals surface area contributed by atoms with E-state index in [1.165, 1.54) is 398 Å². The highest BCUT2D eigenvalue weighted by atomic mass is 16.5. The van der Waals surface area contributed by atoms with Crippen LogP contribution in [0.1, 0.15) is 470 Å². The number of carbonyl (C=O) groups excluding carboxylic acids is 2. The van der Waals surface area contributed by atoms with Crippen molar-refractivity contribution >= 4 is 11.9 Å². The highest BCUT2D eigenvalue weighted by molar-refractivity contribution is 5.76. The standard InChI is InChI=1S/C81H159NO5/c1-3-5-7-9-11-13-15-17-19-21-22-23-33-36-39-42-45-49-53-57-61-65-69-73-79(84)78(77-83)82-80(85)74-70-66-62-58-54-50-46-43-40-37-34-31-29-27-25-24-26-28-30-32-35-38-41-44-48-52-56-60-64-68-72-76-87-81(86)75-71-67-63-59-55-51-47-20-18-16-14-12-10-8-6-4-2/h26,28,78-79,83-84H,3-25,27,29-77H2,1-2H3,(H,82,85)/b28-26-. The summed E-state index contributed by atoms with van der Waals surface area (Å²) in [5.74, 6) is -0.00420. The topological polar surface area (TPSA) is 95.9 Å². The Balaban J connectivity index is 3.35. The zero-order chi connectivity index (χ0) is 62.8. The van der Waals surface area contributed by atoms with Gasteiger partial charge in [0.15, 0.2) is 0 Å². The molecule has 0 aromatic heterocycles. The van der Waals surface area contributed by atoms with Gasteiger partial charge in [-0.15, -0.1) is 0 Å². The van der Waals surface area contributed by atoms with Crippen molar-refractivity contribution in [3.63, 3.8) is 0 Å². The number of aliphatic hydroxyl groups excluding tert-OH is 2. The molecule has 0 saturated heterocycles. The van der Waals surface area contributed by atoms with E-state index in [0.717, 1.165) is 38.5 Å². The lowest BCUT2D eigenvalue weighted by Gasteiger charge is -2.22. The van der Waals surface area contributed by atoms with Crippen LogP contribution in [-0.4, -0.2) is 47.4 Å². The lowest BCUT2D eigenvalue weighted by molar-refractivity contribution is -0.143. The second-order valence-corrected chi connectivity index (χ2v) is 28.1. The van der Waals surface area contributed by atoms with Crippen LogP contribution in [-0.2, 0) is 14.3 Å². The molecule has 0 spiro atoms. The maximum absolute atomic E-state index is 12.6. The van der Waals surface area contributed by atoms with E-state index in [-0.39, 0.29) is 18.5 Å². The van der Waals surface area contributed by atoms with Gasteiger partial charge in [0, 0.05) is 12.8 Å². The lowest BCUT2D eigenvalue weighted by Crippen LogP contribution is -2.45. The Morgan fingerprint density at radius 1 is 0.310 bits per heavy atom. The van der Waals surface area contributed by atoms with Gasteiger partial charge in [0.05, 0.1) is 25.4 Å². The Bertz CT molecular complexity index is 1320. The van der Waals surface area contributed by atoms with Crippen LogP contribution in [0, 0.1) is 0 Å². The fraction of sp³-hybridized carbons (Fsp3) is 0.951. The van der Waals surface area contributed by atoms with Gasteiger partial charge in [0.1, 0.15) is 0 Å². The van der Waals surface area contributed by atoms with Crippen molar-refractivity contribution in [2.75, 3.05) is 13.2 Å². The predicted molar refractivity (Wildman–Crippen MR) is 384 cm³/mol. The number of amides is 1. The van der Waals surface area contributed by atoms with Gasteiger partial charge in [0.25, 0.3) is 0 Å². The van der Waals surface area contributed by atoms with Crippen LogP contribution < -0.4 is 5.32 Å². The first-order chi connectivity index (χ1) is 43.0. The summed E-state index contributed by atoms with van der Waals surface area (Å²) >= 11 is 0. The quantitative estimate of drug-likeness (QED) is 0.0320. The fourth-order valence-electron chi connectivity index (χ4n) is 13.2. The molecule has 2 unspecified atom stereocenters. The summed E-state index contributed by atoms with van der Waals surface area (Å²) in [6, 6.07) is -0.541. The van der Waals surface area contributed by atoms with E-state index in [9.17, 15) is 19.8 Å². The number of rotatable bonds is 77. The minimum Gasteiger partial charge on any atom is -0.466 e. The fourth-order valence-corrected chi connectivity index (χ4v) is 13.2. The Hall–Kier alpha value is -1.40. The molecular formula is C81H159NO5. The van der Waals surface area contributed by atoms with Gasteiger partial charge in [-0.2, -0.15) is 0 Å². The Morgan fingerprint density at radius 3 is 0.816 bits per heavy atom. The summed E-state index contributed by atoms with van der Waals surface area (Å²) in [6.07, 6.45) is 97.4. The van der Waals surface area contributed by atoms with Crippen LogP contribution in [0.15, 0.2) is 12.2 Å². The van der Waals surface area contributed by atoms with Crippen molar-refractivity contribution in [3.8, 4) is 0 Å². The van der Waals surface area contributed by atoms with E-state index in [1.54, 1.807) is 0 Å². The second-order valence-electron chi connectivity index (χ2n) is 28.1. The van der Waals surface area contributed by atoms with Gasteiger partial charge in [-0.25, -0.2) is 0 Å². The van der Waals surface area contributed by atoms with Gasteiger partial charge >= 0.3 is 5.97 Å². The maximum Gasteiger partial charge on any atom is 0.305 e. The molecule has 1 amide bonds. The van der Waals surface area contributed by atoms with E-state index in [4.69, 9.17) is 4.74 Å². The largest absolute Gasteiger partial charge is 0.466 e. The van der Waals surface area contributed by atoms with Crippen molar-refractivity contribution in [3.05, 3.63) is 12.2 Å². The van der Waals surface area contributed by atoms with E-state index >= 15 is 0 Å². The van der Waals surface area contributed by atoms with Crippen LogP contribution in [0.2, 0.25) is 0 Å². The molecule has 0 bridgehead atoms. The van der Waals surface area contributed by atoms with E-state index in [1.807, 2.05) is 0 Å². The van der Waals surface area contributed by atoms with E-state index in [0.29, 0.717) is 25.9 Å². The maximum atomic E-state index is 12.6. The number of esters is 1. The van der Waals surface area contributed by atoms with Crippen molar-refractivity contribution in [2.24, 2.45) is 0 Å². The molecule has 0 aliphatic rings. The zero-order valence-corrected chi connectivity index (χ0v) is 59.5. The summed E-state index contributed by atoms with van der Waals surface area (Å²) in [7, 11) is 0. The molecule has 0 aromatic carbocycles. The summed E-state index contributed by atoms with van der Waals surface area (Å²) < 4.78 is 5.51. The van der Waals surface area contributed by atoms with Crippen LogP contribution in [0.5, 0.6) is 0 Å². The summed E-state index contributed by atoms with van der Waals surface area (Å²) in [5.41, 5.74) is 0. The molecule has 0 aromatic rings. The number of ether oxygens (including phenoxy) is 1. The number of aliphatic hydroxyl groups is 2. The van der Waals surface area contributed by atoms with Crippen LogP contribution in [0.4, 0.5) is 0 Å². The van der Waals surface area contributed by atoms with Crippen molar-refractivity contribution < 1.29 is 24.5 Å². The second kappa shape index (κ2) is 77.1. The first kappa shape index (κ1) is 85.6.